The number of nitrogens with two attached hydrogens (primary N) is 1. The van der Waals surface area contributed by atoms with E-state index in [0.717, 1.165) is 12.1 Å². The Morgan fingerprint density at radius 1 is 1.14 bits per heavy atom. The standard InChI is InChI=1S/C13H11F3N2O3.C2HF3O2/c1-6(17)12(20)18-7-2-3-8-9(13(14,15)16)5-11(19)21-10(8)4-7;3-2(4,5)1(6)7/h2-6H,17H2,1H3,(H,18,20);(H,6,7). The van der Waals surface area contributed by atoms with Gasteiger partial charge in [0.05, 0.1) is 11.6 Å². The van der Waals surface area contributed by atoms with Crippen LogP contribution in [0.3, 0.4) is 0 Å². The van der Waals surface area contributed by atoms with Crippen LogP contribution < -0.4 is 16.7 Å². The van der Waals surface area contributed by atoms with Crippen molar-refractivity contribution in [2.24, 2.45) is 5.73 Å². The Balaban J connectivity index is 0.000000480. The molecule has 0 aliphatic heterocycles. The number of aliphatic carboxylic acids is 1. The van der Waals surface area contributed by atoms with Gasteiger partial charge in [-0.3, -0.25) is 4.79 Å². The fourth-order valence-corrected chi connectivity index (χ4v) is 1.73. The van der Waals surface area contributed by atoms with Gasteiger partial charge >= 0.3 is 23.9 Å². The fraction of sp³-hybridized carbons (Fsp3) is 0.267. The topological polar surface area (TPSA) is 123 Å². The average molecular weight is 414 g/mol. The summed E-state index contributed by atoms with van der Waals surface area (Å²) in [7, 11) is 0. The Hall–Kier alpha value is -3.09. The highest BCUT2D eigenvalue weighted by Crippen LogP contribution is 2.34. The van der Waals surface area contributed by atoms with Crippen molar-refractivity contribution in [3.63, 3.8) is 0 Å². The van der Waals surface area contributed by atoms with E-state index in [1.165, 1.54) is 13.0 Å². The van der Waals surface area contributed by atoms with Crippen molar-refractivity contribution >= 4 is 28.5 Å². The van der Waals surface area contributed by atoms with E-state index in [9.17, 15) is 35.9 Å². The van der Waals surface area contributed by atoms with Crippen LogP contribution in [0.2, 0.25) is 0 Å². The summed E-state index contributed by atoms with van der Waals surface area (Å²) in [6, 6.07) is 3.15. The lowest BCUT2D eigenvalue weighted by molar-refractivity contribution is -0.192. The van der Waals surface area contributed by atoms with E-state index in [-0.39, 0.29) is 16.7 Å². The molecule has 1 heterocycles. The lowest BCUT2D eigenvalue weighted by Gasteiger charge is -2.11. The first-order valence-corrected chi connectivity index (χ1v) is 7.14. The highest BCUT2D eigenvalue weighted by Gasteiger charge is 2.38. The molecule has 13 heteroatoms. The molecular weight excluding hydrogens is 402 g/mol. The van der Waals surface area contributed by atoms with E-state index < -0.39 is 41.5 Å². The summed E-state index contributed by atoms with van der Waals surface area (Å²) in [5, 5.41) is 9.27. The average Bonchev–Trinajstić information content (AvgIpc) is 2.52. The molecule has 2 rings (SSSR count). The number of fused-ring (bicyclic) bond motifs is 1. The Morgan fingerprint density at radius 2 is 1.68 bits per heavy atom. The van der Waals surface area contributed by atoms with Crippen molar-refractivity contribution in [3.8, 4) is 0 Å². The molecule has 0 radical (unpaired) electrons. The molecule has 1 aromatic carbocycles. The third-order valence-electron chi connectivity index (χ3n) is 2.97. The first-order chi connectivity index (χ1) is 12.6. The van der Waals surface area contributed by atoms with Crippen LogP contribution in [0.25, 0.3) is 11.0 Å². The molecule has 0 spiro atoms. The number of benzene rings is 1. The maximum absolute atomic E-state index is 12.8. The smallest absolute Gasteiger partial charge is 0.475 e. The van der Waals surface area contributed by atoms with Gasteiger partial charge in [0.25, 0.3) is 0 Å². The minimum atomic E-state index is -5.08. The third kappa shape index (κ3) is 6.26. The summed E-state index contributed by atoms with van der Waals surface area (Å²) < 4.78 is 75.0. The van der Waals surface area contributed by atoms with Gasteiger partial charge in [0, 0.05) is 23.2 Å². The van der Waals surface area contributed by atoms with Gasteiger partial charge < -0.3 is 20.6 Å². The Morgan fingerprint density at radius 3 is 2.11 bits per heavy atom. The number of amides is 1. The molecule has 2 aromatic rings. The number of carboxylic acids is 1. The maximum atomic E-state index is 12.8. The number of hydrogen-bond donors (Lipinski definition) is 3. The van der Waals surface area contributed by atoms with Gasteiger partial charge in [-0.05, 0) is 19.1 Å². The lowest BCUT2D eigenvalue weighted by atomic mass is 10.1. The zero-order valence-corrected chi connectivity index (χ0v) is 13.8. The van der Waals surface area contributed by atoms with Crippen LogP contribution in [0.15, 0.2) is 33.5 Å². The van der Waals surface area contributed by atoms with Gasteiger partial charge in [-0.2, -0.15) is 26.3 Å². The van der Waals surface area contributed by atoms with Gasteiger partial charge in [-0.1, -0.05) is 0 Å². The molecule has 1 amide bonds. The van der Waals surface area contributed by atoms with Gasteiger partial charge in [0.15, 0.2) is 0 Å². The first kappa shape index (κ1) is 23.0. The molecule has 0 saturated carbocycles. The Kier molecular flexibility index (Phi) is 6.79. The van der Waals surface area contributed by atoms with Crippen LogP contribution in [0.4, 0.5) is 32.0 Å². The summed E-state index contributed by atoms with van der Waals surface area (Å²) in [5.74, 6) is -3.27. The zero-order chi connectivity index (χ0) is 21.9. The van der Waals surface area contributed by atoms with Crippen LogP contribution in [0.1, 0.15) is 12.5 Å². The molecule has 1 atom stereocenters. The first-order valence-electron chi connectivity index (χ1n) is 7.14. The van der Waals surface area contributed by atoms with E-state index >= 15 is 0 Å². The monoisotopic (exact) mass is 414 g/mol. The van der Waals surface area contributed by atoms with E-state index in [2.05, 4.69) is 5.32 Å². The van der Waals surface area contributed by atoms with Crippen molar-refractivity contribution in [1.29, 1.82) is 0 Å². The summed E-state index contributed by atoms with van der Waals surface area (Å²) in [6.07, 6.45) is -9.76. The van der Waals surface area contributed by atoms with Gasteiger partial charge in [0.2, 0.25) is 5.91 Å². The van der Waals surface area contributed by atoms with Crippen molar-refractivity contribution in [3.05, 3.63) is 40.2 Å². The predicted octanol–water partition coefficient (Wildman–Crippen LogP) is 2.73. The number of hydrogen-bond acceptors (Lipinski definition) is 5. The van der Waals surface area contributed by atoms with Crippen LogP contribution in [-0.4, -0.2) is 29.2 Å². The van der Waals surface area contributed by atoms with Crippen LogP contribution in [0.5, 0.6) is 0 Å². The second kappa shape index (κ2) is 8.29. The number of nitrogens with one attached hydrogen (secondary N) is 1. The third-order valence-corrected chi connectivity index (χ3v) is 2.97. The number of rotatable bonds is 2. The highest BCUT2D eigenvalue weighted by atomic mass is 19.4. The number of halogens is 6. The summed E-state index contributed by atoms with van der Waals surface area (Å²) in [4.78, 5) is 31.5. The molecule has 1 unspecified atom stereocenters. The van der Waals surface area contributed by atoms with Crippen molar-refractivity contribution in [2.75, 3.05) is 5.32 Å². The molecule has 7 nitrogen and oxygen atoms in total. The van der Waals surface area contributed by atoms with Crippen molar-refractivity contribution in [2.45, 2.75) is 25.3 Å². The molecular formula is C15H12F6N2O5. The summed E-state index contributed by atoms with van der Waals surface area (Å²) in [5.41, 5.74) is 3.08. The van der Waals surface area contributed by atoms with Crippen LogP contribution in [0, 0.1) is 0 Å². The molecule has 0 aliphatic rings. The van der Waals surface area contributed by atoms with Crippen LogP contribution >= 0.6 is 0 Å². The lowest BCUT2D eigenvalue weighted by Crippen LogP contribution is -2.32. The second-order valence-corrected chi connectivity index (χ2v) is 5.27. The van der Waals surface area contributed by atoms with Crippen molar-refractivity contribution < 1.29 is 45.5 Å². The van der Waals surface area contributed by atoms with Crippen molar-refractivity contribution in [1.82, 2.24) is 0 Å². The summed E-state index contributed by atoms with van der Waals surface area (Å²) >= 11 is 0. The van der Waals surface area contributed by atoms with Crippen LogP contribution in [-0.2, 0) is 15.8 Å². The number of carbonyl (C=O) groups excluding carboxylic acids is 1. The molecule has 0 bridgehead atoms. The molecule has 0 aliphatic carbocycles. The normalized spacial score (nSPS) is 12.7. The van der Waals surface area contributed by atoms with Gasteiger partial charge in [-0.25, -0.2) is 9.59 Å². The second-order valence-electron chi connectivity index (χ2n) is 5.27. The number of carboxylic acid groups (broad SMARTS) is 1. The van der Waals surface area contributed by atoms with E-state index in [1.807, 2.05) is 0 Å². The zero-order valence-electron chi connectivity index (χ0n) is 13.8. The molecule has 0 fully saturated rings. The van der Waals surface area contributed by atoms with E-state index in [1.54, 1.807) is 0 Å². The SMILES string of the molecule is CC(N)C(=O)Nc1ccc2c(C(F)(F)F)cc(=O)oc2c1.O=C(O)C(F)(F)F. The fourth-order valence-electron chi connectivity index (χ4n) is 1.73. The van der Waals surface area contributed by atoms with Gasteiger partial charge in [-0.15, -0.1) is 0 Å². The minimum Gasteiger partial charge on any atom is -0.475 e. The molecule has 4 N–H and O–H groups in total. The molecule has 28 heavy (non-hydrogen) atoms. The summed E-state index contributed by atoms with van der Waals surface area (Å²) in [6.45, 7) is 1.46. The molecule has 154 valence electrons. The number of alkyl halides is 6. The number of carbonyl (C=O) groups is 2. The highest BCUT2D eigenvalue weighted by molar-refractivity contribution is 5.96. The number of anilines is 1. The largest absolute Gasteiger partial charge is 0.490 e. The maximum Gasteiger partial charge on any atom is 0.490 e. The van der Waals surface area contributed by atoms with Gasteiger partial charge in [0.1, 0.15) is 5.58 Å². The minimum absolute atomic E-state index is 0.187. The Labute approximate surface area is 151 Å². The molecule has 0 saturated heterocycles. The quantitative estimate of drug-likeness (QED) is 0.513. The Bertz CT molecular complexity index is 933. The predicted molar refractivity (Wildman–Crippen MR) is 83.5 cm³/mol. The van der Waals surface area contributed by atoms with E-state index in [0.29, 0.717) is 6.07 Å². The molecule has 1 aromatic heterocycles. The van der Waals surface area contributed by atoms with E-state index in [4.69, 9.17) is 20.1 Å².